The van der Waals surface area contributed by atoms with Crippen molar-refractivity contribution >= 4 is 11.6 Å². The normalized spacial score (nSPS) is 19.5. The van der Waals surface area contributed by atoms with Gasteiger partial charge in [-0.15, -0.1) is 0 Å². The third-order valence-corrected chi connectivity index (χ3v) is 5.52. The third-order valence-electron chi connectivity index (χ3n) is 5.19. The van der Waals surface area contributed by atoms with E-state index in [-0.39, 0.29) is 0 Å². The first-order valence-electron chi connectivity index (χ1n) is 8.87. The van der Waals surface area contributed by atoms with Crippen molar-refractivity contribution < 1.29 is 9.26 Å². The average Bonchev–Trinajstić information content (AvgIpc) is 3.16. The van der Waals surface area contributed by atoms with Gasteiger partial charge in [-0.3, -0.25) is 4.68 Å². The summed E-state index contributed by atoms with van der Waals surface area (Å²) in [5.41, 5.74) is 4.51. The summed E-state index contributed by atoms with van der Waals surface area (Å²) >= 11 is 6.36. The number of hydrogen-bond acceptors (Lipinski definition) is 4. The van der Waals surface area contributed by atoms with Gasteiger partial charge >= 0.3 is 0 Å². The second-order valence-electron chi connectivity index (χ2n) is 7.07. The molecule has 1 aromatic carbocycles. The van der Waals surface area contributed by atoms with Crippen molar-refractivity contribution in [2.45, 2.75) is 39.3 Å². The smallest absolute Gasteiger partial charge is 0.176 e. The van der Waals surface area contributed by atoms with E-state index in [4.69, 9.17) is 20.9 Å². The van der Waals surface area contributed by atoms with Gasteiger partial charge in [0.1, 0.15) is 5.69 Å². The number of methoxy groups -OCH3 is 1. The molecule has 6 heteroatoms. The summed E-state index contributed by atoms with van der Waals surface area (Å²) in [6.45, 7) is 4.75. The molecule has 2 heterocycles. The lowest BCUT2D eigenvalue weighted by Gasteiger charge is -2.33. The minimum absolute atomic E-state index is 0.393. The predicted molar refractivity (Wildman–Crippen MR) is 101 cm³/mol. The molecule has 1 saturated carbocycles. The molecular weight excluding hydrogens is 350 g/mol. The highest BCUT2D eigenvalue weighted by Crippen LogP contribution is 2.41. The Bertz CT molecular complexity index is 925. The molecule has 1 aliphatic carbocycles. The zero-order valence-electron chi connectivity index (χ0n) is 15.2. The Kier molecular flexibility index (Phi) is 4.59. The molecule has 5 nitrogen and oxygen atoms in total. The van der Waals surface area contributed by atoms with E-state index in [9.17, 15) is 0 Å². The molecule has 0 atom stereocenters. The Morgan fingerprint density at radius 1 is 1.27 bits per heavy atom. The second kappa shape index (κ2) is 6.89. The zero-order valence-corrected chi connectivity index (χ0v) is 16.0. The molecule has 0 bridgehead atoms. The number of ether oxygens (including phenoxy) is 1. The van der Waals surface area contributed by atoms with Gasteiger partial charge in [-0.2, -0.15) is 5.10 Å². The summed E-state index contributed by atoms with van der Waals surface area (Å²) < 4.78 is 13.3. The van der Waals surface area contributed by atoms with E-state index in [1.165, 1.54) is 12.8 Å². The van der Waals surface area contributed by atoms with Crippen molar-refractivity contribution in [1.82, 2.24) is 14.9 Å². The van der Waals surface area contributed by atoms with Crippen molar-refractivity contribution in [3.05, 3.63) is 46.7 Å². The molecule has 0 spiro atoms. The molecule has 1 aliphatic rings. The number of rotatable bonds is 5. The van der Waals surface area contributed by atoms with E-state index >= 15 is 0 Å². The maximum atomic E-state index is 6.36. The lowest BCUT2D eigenvalue weighted by Crippen LogP contribution is -2.26. The quantitative estimate of drug-likeness (QED) is 0.611. The van der Waals surface area contributed by atoms with E-state index in [2.05, 4.69) is 28.8 Å². The van der Waals surface area contributed by atoms with Crippen LogP contribution in [0.1, 0.15) is 37.1 Å². The van der Waals surface area contributed by atoms with Crippen LogP contribution in [0.3, 0.4) is 0 Å². The standard InChI is InChI=1S/C20H22ClN3O2/c1-12-8-14(9-12)24-13(2)16(10-22-24)20-17(11-25-3)19(23-26-20)15-6-4-5-7-18(15)21/h4-7,10,12,14H,8-9,11H2,1-3H3. The molecule has 3 aromatic rings. The van der Waals surface area contributed by atoms with Crippen LogP contribution < -0.4 is 0 Å². The fourth-order valence-electron chi connectivity index (χ4n) is 3.74. The minimum atomic E-state index is 0.393. The first kappa shape index (κ1) is 17.3. The fourth-order valence-corrected chi connectivity index (χ4v) is 3.96. The third kappa shape index (κ3) is 2.85. The van der Waals surface area contributed by atoms with Crippen LogP contribution in [0.25, 0.3) is 22.6 Å². The van der Waals surface area contributed by atoms with Crippen LogP contribution in [0.2, 0.25) is 5.02 Å². The average molecular weight is 372 g/mol. The van der Waals surface area contributed by atoms with Gasteiger partial charge in [0.25, 0.3) is 0 Å². The molecule has 26 heavy (non-hydrogen) atoms. The second-order valence-corrected chi connectivity index (χ2v) is 7.48. The van der Waals surface area contributed by atoms with Crippen LogP contribution >= 0.6 is 11.6 Å². The molecule has 2 aromatic heterocycles. The van der Waals surface area contributed by atoms with Gasteiger partial charge in [0, 0.05) is 18.4 Å². The van der Waals surface area contributed by atoms with Gasteiger partial charge in [0.15, 0.2) is 5.76 Å². The molecule has 0 saturated heterocycles. The highest BCUT2D eigenvalue weighted by Gasteiger charge is 2.30. The lowest BCUT2D eigenvalue weighted by atomic mass is 9.82. The lowest BCUT2D eigenvalue weighted by molar-refractivity contribution is 0.185. The first-order chi connectivity index (χ1) is 12.6. The Hall–Kier alpha value is -2.11. The van der Waals surface area contributed by atoms with Crippen molar-refractivity contribution in [1.29, 1.82) is 0 Å². The number of aromatic nitrogens is 3. The van der Waals surface area contributed by atoms with Crippen LogP contribution in [0.4, 0.5) is 0 Å². The predicted octanol–water partition coefficient (Wildman–Crippen LogP) is 5.28. The molecule has 0 aliphatic heterocycles. The first-order valence-corrected chi connectivity index (χ1v) is 9.24. The Morgan fingerprint density at radius 3 is 2.73 bits per heavy atom. The van der Waals surface area contributed by atoms with Gasteiger partial charge in [0.2, 0.25) is 0 Å². The Morgan fingerprint density at radius 2 is 2.04 bits per heavy atom. The fraction of sp³-hybridized carbons (Fsp3) is 0.400. The summed E-state index contributed by atoms with van der Waals surface area (Å²) in [4.78, 5) is 0. The van der Waals surface area contributed by atoms with Gasteiger partial charge in [0.05, 0.1) is 35.0 Å². The highest BCUT2D eigenvalue weighted by atomic mass is 35.5. The number of benzene rings is 1. The van der Waals surface area contributed by atoms with Crippen molar-refractivity contribution in [3.8, 4) is 22.6 Å². The molecule has 136 valence electrons. The van der Waals surface area contributed by atoms with Crippen molar-refractivity contribution in [3.63, 3.8) is 0 Å². The maximum absolute atomic E-state index is 6.36. The SMILES string of the molecule is COCc1c(-c2ccccc2Cl)noc1-c1cnn(C2CC(C)C2)c1C. The molecule has 1 fully saturated rings. The number of hydrogen-bond donors (Lipinski definition) is 0. The van der Waals surface area contributed by atoms with E-state index in [1.807, 2.05) is 30.5 Å². The monoisotopic (exact) mass is 371 g/mol. The van der Waals surface area contributed by atoms with Crippen LogP contribution in [0.15, 0.2) is 35.0 Å². The molecular formula is C20H22ClN3O2. The van der Waals surface area contributed by atoms with Gasteiger partial charge in [-0.1, -0.05) is 41.9 Å². The van der Waals surface area contributed by atoms with Gasteiger partial charge in [-0.05, 0) is 31.7 Å². The van der Waals surface area contributed by atoms with Crippen LogP contribution in [0, 0.1) is 12.8 Å². The molecule has 0 N–H and O–H groups in total. The summed E-state index contributed by atoms with van der Waals surface area (Å²) in [6, 6.07) is 8.11. The van der Waals surface area contributed by atoms with Crippen LogP contribution in [0.5, 0.6) is 0 Å². The van der Waals surface area contributed by atoms with Crippen LogP contribution in [-0.4, -0.2) is 22.0 Å². The highest BCUT2D eigenvalue weighted by molar-refractivity contribution is 6.33. The van der Waals surface area contributed by atoms with Crippen molar-refractivity contribution in [2.24, 2.45) is 5.92 Å². The molecule has 0 radical (unpaired) electrons. The van der Waals surface area contributed by atoms with Gasteiger partial charge in [-0.25, -0.2) is 0 Å². The van der Waals surface area contributed by atoms with E-state index < -0.39 is 0 Å². The Labute approximate surface area is 157 Å². The summed E-state index contributed by atoms with van der Waals surface area (Å²) in [5, 5.41) is 9.56. The van der Waals surface area contributed by atoms with Crippen molar-refractivity contribution in [2.75, 3.05) is 7.11 Å². The largest absolute Gasteiger partial charge is 0.380 e. The number of halogens is 1. The van der Waals surface area contributed by atoms with E-state index in [1.54, 1.807) is 7.11 Å². The van der Waals surface area contributed by atoms with E-state index in [0.29, 0.717) is 23.4 Å². The maximum Gasteiger partial charge on any atom is 0.176 e. The summed E-state index contributed by atoms with van der Waals surface area (Å²) in [7, 11) is 1.67. The summed E-state index contributed by atoms with van der Waals surface area (Å²) in [5.74, 6) is 1.48. The van der Waals surface area contributed by atoms with Gasteiger partial charge < -0.3 is 9.26 Å². The Balaban J connectivity index is 1.77. The molecule has 0 amide bonds. The van der Waals surface area contributed by atoms with Crippen LogP contribution in [-0.2, 0) is 11.3 Å². The topological polar surface area (TPSA) is 53.1 Å². The minimum Gasteiger partial charge on any atom is -0.380 e. The summed E-state index contributed by atoms with van der Waals surface area (Å²) in [6.07, 6.45) is 4.22. The molecule has 0 unspecified atom stereocenters. The molecule has 4 rings (SSSR count). The zero-order chi connectivity index (χ0) is 18.3. The van der Waals surface area contributed by atoms with E-state index in [0.717, 1.165) is 34.0 Å². The number of nitrogens with zero attached hydrogens (tertiary/aromatic N) is 3.